The molecule has 2 aromatic carbocycles. The lowest BCUT2D eigenvalue weighted by Crippen LogP contribution is -2.38. The Morgan fingerprint density at radius 3 is 2.32 bits per heavy atom. The zero-order valence-electron chi connectivity index (χ0n) is 18.8. The van der Waals surface area contributed by atoms with Gasteiger partial charge in [-0.2, -0.15) is 10.6 Å². The highest BCUT2D eigenvalue weighted by Crippen LogP contribution is 2.54. The third-order valence-electron chi connectivity index (χ3n) is 5.73. The topological polar surface area (TPSA) is 126 Å². The quantitative estimate of drug-likeness (QED) is 0.346. The first-order valence-corrected chi connectivity index (χ1v) is 12.4. The maximum Gasteiger partial charge on any atom is 0.268 e. The molecule has 9 nitrogen and oxygen atoms in total. The number of hydrogen-bond acceptors (Lipinski definition) is 9. The van der Waals surface area contributed by atoms with Crippen LogP contribution >= 0.6 is 10.6 Å². The summed E-state index contributed by atoms with van der Waals surface area (Å²) in [5.41, 5.74) is 4.56. The molecule has 0 saturated carbocycles. The van der Waals surface area contributed by atoms with Crippen LogP contribution in [-0.4, -0.2) is 54.8 Å². The number of ether oxygens (including phenoxy) is 1. The van der Waals surface area contributed by atoms with Gasteiger partial charge in [-0.15, -0.1) is 10.2 Å². The van der Waals surface area contributed by atoms with Crippen molar-refractivity contribution in [1.29, 1.82) is 0 Å². The van der Waals surface area contributed by atoms with Crippen molar-refractivity contribution in [2.24, 2.45) is 0 Å². The SMILES string of the molecule is CNCc1ccc(-c2nnc(-c3nc(-c4ccc(S(O)(O)C5COC5)cc4)cnc3C)o2)cc1.[HH]. The average molecular weight is 482 g/mol. The zero-order chi connectivity index (χ0) is 23.7. The van der Waals surface area contributed by atoms with E-state index in [0.717, 1.165) is 23.2 Å². The summed E-state index contributed by atoms with van der Waals surface area (Å²) in [5.74, 6) is 0.698. The fourth-order valence-corrected chi connectivity index (χ4v) is 5.11. The van der Waals surface area contributed by atoms with E-state index in [1.54, 1.807) is 30.5 Å². The van der Waals surface area contributed by atoms with E-state index in [2.05, 4.69) is 20.5 Å². The van der Waals surface area contributed by atoms with E-state index in [9.17, 15) is 9.11 Å². The molecular weight excluding hydrogens is 454 g/mol. The highest BCUT2D eigenvalue weighted by Gasteiger charge is 2.34. The van der Waals surface area contributed by atoms with Crippen molar-refractivity contribution in [3.63, 3.8) is 0 Å². The van der Waals surface area contributed by atoms with E-state index in [1.165, 1.54) is 0 Å². The van der Waals surface area contributed by atoms with Gasteiger partial charge in [0.05, 0.1) is 35.7 Å². The molecule has 0 atom stereocenters. The van der Waals surface area contributed by atoms with Crippen LogP contribution in [0.2, 0.25) is 0 Å². The minimum Gasteiger partial charge on any atom is -0.415 e. The van der Waals surface area contributed by atoms with Crippen molar-refractivity contribution >= 4 is 10.6 Å². The second-order valence-corrected chi connectivity index (χ2v) is 10.4. The summed E-state index contributed by atoms with van der Waals surface area (Å²) >= 11 is 0. The Morgan fingerprint density at radius 2 is 1.68 bits per heavy atom. The first kappa shape index (κ1) is 22.6. The molecule has 34 heavy (non-hydrogen) atoms. The predicted octanol–water partition coefficient (Wildman–Crippen LogP) is 4.64. The molecule has 1 aliphatic rings. The normalized spacial score (nSPS) is 14.7. The molecule has 5 rings (SSSR count). The van der Waals surface area contributed by atoms with E-state index >= 15 is 0 Å². The van der Waals surface area contributed by atoms with Gasteiger partial charge in [-0.3, -0.25) is 14.1 Å². The van der Waals surface area contributed by atoms with E-state index in [1.807, 2.05) is 38.2 Å². The molecule has 10 heteroatoms. The Bertz CT molecular complexity index is 1290. The Labute approximate surface area is 200 Å². The third kappa shape index (κ3) is 4.33. The molecule has 178 valence electrons. The number of aromatic nitrogens is 4. The van der Waals surface area contributed by atoms with E-state index < -0.39 is 10.6 Å². The van der Waals surface area contributed by atoms with E-state index in [-0.39, 0.29) is 12.6 Å². The second kappa shape index (κ2) is 9.24. The summed E-state index contributed by atoms with van der Waals surface area (Å²) in [6.07, 6.45) is 1.67. The highest BCUT2D eigenvalue weighted by molar-refractivity contribution is 8.25. The van der Waals surface area contributed by atoms with Crippen LogP contribution in [0.1, 0.15) is 12.7 Å². The van der Waals surface area contributed by atoms with Crippen LogP contribution in [0.4, 0.5) is 0 Å². The summed E-state index contributed by atoms with van der Waals surface area (Å²) in [5, 5.41) is 11.2. The second-order valence-electron chi connectivity index (χ2n) is 8.11. The van der Waals surface area contributed by atoms with Crippen LogP contribution in [0, 0.1) is 6.92 Å². The highest BCUT2D eigenvalue weighted by atomic mass is 32.3. The summed E-state index contributed by atoms with van der Waals surface area (Å²) in [4.78, 5) is 9.66. The summed E-state index contributed by atoms with van der Waals surface area (Å²) in [6, 6.07) is 15.0. The number of rotatable bonds is 7. The first-order valence-electron chi connectivity index (χ1n) is 10.8. The van der Waals surface area contributed by atoms with Crippen LogP contribution < -0.4 is 5.32 Å². The van der Waals surface area contributed by atoms with Gasteiger partial charge in [0.25, 0.3) is 5.89 Å². The largest absolute Gasteiger partial charge is 0.415 e. The summed E-state index contributed by atoms with van der Waals surface area (Å²) in [7, 11) is -0.982. The predicted molar refractivity (Wildman–Crippen MR) is 132 cm³/mol. The lowest BCUT2D eigenvalue weighted by molar-refractivity contribution is 0.0377. The van der Waals surface area contributed by atoms with Crippen LogP contribution in [0.25, 0.3) is 34.3 Å². The van der Waals surface area contributed by atoms with Gasteiger partial charge in [-0.25, -0.2) is 4.98 Å². The molecule has 0 radical (unpaired) electrons. The summed E-state index contributed by atoms with van der Waals surface area (Å²) in [6.45, 7) is 3.35. The van der Waals surface area contributed by atoms with Crippen LogP contribution in [0.15, 0.2) is 64.0 Å². The van der Waals surface area contributed by atoms with Crippen LogP contribution in [0.3, 0.4) is 0 Å². The average Bonchev–Trinajstić information content (AvgIpc) is 3.29. The van der Waals surface area contributed by atoms with Gasteiger partial charge < -0.3 is 14.5 Å². The van der Waals surface area contributed by atoms with Crippen LogP contribution in [0.5, 0.6) is 0 Å². The molecule has 0 spiro atoms. The van der Waals surface area contributed by atoms with Crippen molar-refractivity contribution in [1.82, 2.24) is 25.5 Å². The number of hydrogen-bond donors (Lipinski definition) is 3. The molecule has 3 heterocycles. The van der Waals surface area contributed by atoms with Crippen molar-refractivity contribution in [3.8, 4) is 34.3 Å². The number of aryl methyl sites for hydroxylation is 1. The molecule has 0 aliphatic carbocycles. The number of nitrogens with one attached hydrogen (secondary N) is 1. The standard InChI is InChI=1S/C24H25N5O4S.H2/c1-15-22(24-29-28-23(33-24)18-5-3-16(4-6-18)11-25-2)27-21(12-26-15)17-7-9-19(10-8-17)34(30,31)20-13-32-14-20;/h3-10,12,20,25,30-31H,11,13-14H2,1-2H3;1H. The zero-order valence-corrected chi connectivity index (χ0v) is 19.6. The maximum absolute atomic E-state index is 10.5. The van der Waals surface area contributed by atoms with Crippen molar-refractivity contribution < 1.29 is 19.7 Å². The number of benzene rings is 2. The molecule has 1 aliphatic heterocycles. The molecule has 0 bridgehead atoms. The van der Waals surface area contributed by atoms with Gasteiger partial charge in [-0.1, -0.05) is 24.3 Å². The maximum atomic E-state index is 10.5. The Hall–Kier alpha value is -3.15. The van der Waals surface area contributed by atoms with Gasteiger partial charge in [0, 0.05) is 19.1 Å². The molecule has 1 saturated heterocycles. The Balaban J connectivity index is 0.00000289. The monoisotopic (exact) mass is 481 g/mol. The molecule has 1 fully saturated rings. The van der Waals surface area contributed by atoms with Crippen molar-refractivity contribution in [2.75, 3.05) is 20.3 Å². The molecule has 0 amide bonds. The first-order chi connectivity index (χ1) is 16.5. The third-order valence-corrected chi connectivity index (χ3v) is 7.90. The van der Waals surface area contributed by atoms with Crippen molar-refractivity contribution in [2.45, 2.75) is 23.6 Å². The fraction of sp³-hybridized carbons (Fsp3) is 0.250. The molecular formula is C24H27N5O4S. The smallest absolute Gasteiger partial charge is 0.268 e. The van der Waals surface area contributed by atoms with Crippen molar-refractivity contribution in [3.05, 3.63) is 66.0 Å². The molecule has 3 N–H and O–H groups in total. The van der Waals surface area contributed by atoms with Gasteiger partial charge in [0.1, 0.15) is 10.9 Å². The van der Waals surface area contributed by atoms with Gasteiger partial charge in [0.2, 0.25) is 5.89 Å². The number of nitrogens with zero attached hydrogens (tertiary/aromatic N) is 4. The fourth-order valence-electron chi connectivity index (χ4n) is 3.62. The molecule has 0 unspecified atom stereocenters. The lowest BCUT2D eigenvalue weighted by Gasteiger charge is -2.44. The Morgan fingerprint density at radius 1 is 1.00 bits per heavy atom. The van der Waals surface area contributed by atoms with E-state index in [4.69, 9.17) is 14.1 Å². The van der Waals surface area contributed by atoms with Gasteiger partial charge in [0.15, 0.2) is 0 Å². The van der Waals surface area contributed by atoms with Crippen LogP contribution in [-0.2, 0) is 11.3 Å². The minimum absolute atomic E-state index is 0. The summed E-state index contributed by atoms with van der Waals surface area (Å²) < 4.78 is 32.1. The van der Waals surface area contributed by atoms with Gasteiger partial charge in [-0.05, 0) is 43.8 Å². The lowest BCUT2D eigenvalue weighted by atomic mass is 10.1. The molecule has 4 aromatic rings. The Kier molecular flexibility index (Phi) is 6.15. The molecule has 2 aromatic heterocycles. The van der Waals surface area contributed by atoms with Gasteiger partial charge >= 0.3 is 0 Å². The minimum atomic E-state index is -2.89. The van der Waals surface area contributed by atoms with E-state index in [0.29, 0.717) is 41.1 Å².